The Morgan fingerprint density at radius 3 is 2.26 bits per heavy atom. The minimum absolute atomic E-state index is 0.0837. The van der Waals surface area contributed by atoms with E-state index in [0.29, 0.717) is 13.2 Å². The number of ether oxygens (including phenoxy) is 2. The number of hydrogen-bond donors (Lipinski definition) is 1. The molecule has 0 bridgehead atoms. The van der Waals surface area contributed by atoms with E-state index >= 15 is 0 Å². The normalized spacial score (nSPS) is 13.4. The van der Waals surface area contributed by atoms with E-state index in [2.05, 4.69) is 37.9 Å². The number of hydrogen-bond acceptors (Lipinski definition) is 4. The number of nitrogens with zero attached hydrogens (tertiary/aromatic N) is 1. The first-order chi connectivity index (χ1) is 13.0. The SMILES string of the molecule is CCCC[C@@](C)(OCCC)C(=O)Nc1ccc(OCCN(CC)CC)cc1. The van der Waals surface area contributed by atoms with E-state index in [1.807, 2.05) is 31.2 Å². The summed E-state index contributed by atoms with van der Waals surface area (Å²) in [5.74, 6) is 0.732. The van der Waals surface area contributed by atoms with Crippen molar-refractivity contribution in [1.82, 2.24) is 4.90 Å². The Labute approximate surface area is 165 Å². The third-order valence-corrected chi connectivity index (χ3v) is 4.80. The number of anilines is 1. The number of rotatable bonds is 14. The van der Waals surface area contributed by atoms with Gasteiger partial charge in [-0.1, -0.05) is 40.5 Å². The standard InChI is InChI=1S/C22H38N2O3/c1-6-10-15-22(5,27-17-7-2)21(25)23-19-11-13-20(14-12-19)26-18-16-24(8-3)9-4/h11-14H,6-10,15-18H2,1-5H3,(H,23,25)/t22-/m1/s1. The summed E-state index contributed by atoms with van der Waals surface area (Å²) in [4.78, 5) is 15.1. The number of carbonyl (C=O) groups is 1. The highest BCUT2D eigenvalue weighted by Gasteiger charge is 2.33. The average molecular weight is 379 g/mol. The minimum Gasteiger partial charge on any atom is -0.492 e. The molecule has 0 aliphatic rings. The summed E-state index contributed by atoms with van der Waals surface area (Å²) in [7, 11) is 0. The van der Waals surface area contributed by atoms with Crippen molar-refractivity contribution in [2.75, 3.05) is 38.2 Å². The predicted octanol–water partition coefficient (Wildman–Crippen LogP) is 4.72. The molecule has 1 aromatic carbocycles. The van der Waals surface area contributed by atoms with E-state index in [9.17, 15) is 4.79 Å². The first-order valence-electron chi connectivity index (χ1n) is 10.4. The molecular formula is C22H38N2O3. The summed E-state index contributed by atoms with van der Waals surface area (Å²) in [5.41, 5.74) is -0.0239. The lowest BCUT2D eigenvalue weighted by molar-refractivity contribution is -0.140. The van der Waals surface area contributed by atoms with Gasteiger partial charge < -0.3 is 19.7 Å². The topological polar surface area (TPSA) is 50.8 Å². The van der Waals surface area contributed by atoms with Crippen molar-refractivity contribution in [3.63, 3.8) is 0 Å². The Bertz CT molecular complexity index is 519. The van der Waals surface area contributed by atoms with Crippen molar-refractivity contribution in [1.29, 1.82) is 0 Å². The van der Waals surface area contributed by atoms with Gasteiger partial charge in [0.25, 0.3) is 5.91 Å². The van der Waals surface area contributed by atoms with Gasteiger partial charge in [0.05, 0.1) is 0 Å². The van der Waals surface area contributed by atoms with Crippen LogP contribution in [-0.2, 0) is 9.53 Å². The maximum atomic E-state index is 12.8. The Hall–Kier alpha value is -1.59. The van der Waals surface area contributed by atoms with Crippen molar-refractivity contribution in [2.24, 2.45) is 0 Å². The molecule has 1 aromatic rings. The van der Waals surface area contributed by atoms with Gasteiger partial charge in [-0.3, -0.25) is 4.79 Å². The number of unbranched alkanes of at least 4 members (excludes halogenated alkanes) is 1. The van der Waals surface area contributed by atoms with E-state index in [4.69, 9.17) is 9.47 Å². The van der Waals surface area contributed by atoms with E-state index in [1.165, 1.54) is 0 Å². The van der Waals surface area contributed by atoms with E-state index in [-0.39, 0.29) is 5.91 Å². The van der Waals surface area contributed by atoms with Gasteiger partial charge in [0, 0.05) is 18.8 Å². The highest BCUT2D eigenvalue weighted by molar-refractivity contribution is 5.97. The highest BCUT2D eigenvalue weighted by Crippen LogP contribution is 2.23. The second-order valence-electron chi connectivity index (χ2n) is 7.04. The summed E-state index contributed by atoms with van der Waals surface area (Å²) in [6.07, 6.45) is 3.63. The smallest absolute Gasteiger partial charge is 0.256 e. The van der Waals surface area contributed by atoms with E-state index < -0.39 is 5.60 Å². The fourth-order valence-corrected chi connectivity index (χ4v) is 2.82. The molecule has 5 heteroatoms. The van der Waals surface area contributed by atoms with Crippen LogP contribution in [0.15, 0.2) is 24.3 Å². The Balaban J connectivity index is 2.60. The quantitative estimate of drug-likeness (QED) is 0.509. The second kappa shape index (κ2) is 12.7. The highest BCUT2D eigenvalue weighted by atomic mass is 16.5. The fraction of sp³-hybridized carbons (Fsp3) is 0.682. The number of carbonyl (C=O) groups excluding carboxylic acids is 1. The van der Waals surface area contributed by atoms with Crippen LogP contribution in [0.2, 0.25) is 0 Å². The van der Waals surface area contributed by atoms with Crippen molar-refractivity contribution in [3.05, 3.63) is 24.3 Å². The molecule has 0 aliphatic carbocycles. The molecule has 5 nitrogen and oxygen atoms in total. The van der Waals surface area contributed by atoms with Crippen molar-refractivity contribution in [2.45, 2.75) is 65.9 Å². The summed E-state index contributed by atoms with van der Waals surface area (Å²) in [6.45, 7) is 14.6. The van der Waals surface area contributed by atoms with Gasteiger partial charge in [0.2, 0.25) is 0 Å². The van der Waals surface area contributed by atoms with Crippen LogP contribution in [-0.4, -0.2) is 49.3 Å². The third-order valence-electron chi connectivity index (χ3n) is 4.80. The number of benzene rings is 1. The third kappa shape index (κ3) is 8.31. The summed E-state index contributed by atoms with van der Waals surface area (Å²) >= 11 is 0. The first kappa shape index (κ1) is 23.4. The number of nitrogens with one attached hydrogen (secondary N) is 1. The van der Waals surface area contributed by atoms with E-state index in [0.717, 1.165) is 56.8 Å². The van der Waals surface area contributed by atoms with Crippen molar-refractivity contribution >= 4 is 11.6 Å². The van der Waals surface area contributed by atoms with Gasteiger partial charge >= 0.3 is 0 Å². The van der Waals surface area contributed by atoms with Gasteiger partial charge in [-0.25, -0.2) is 0 Å². The van der Waals surface area contributed by atoms with Crippen LogP contribution in [0.3, 0.4) is 0 Å². The molecule has 0 aromatic heterocycles. The molecule has 0 spiro atoms. The van der Waals surface area contributed by atoms with Gasteiger partial charge in [-0.05, 0) is 57.1 Å². The molecule has 27 heavy (non-hydrogen) atoms. The molecular weight excluding hydrogens is 340 g/mol. The van der Waals surface area contributed by atoms with Crippen LogP contribution < -0.4 is 10.1 Å². The van der Waals surface area contributed by atoms with Crippen LogP contribution in [0.25, 0.3) is 0 Å². The Kier molecular flexibility index (Phi) is 11.1. The Morgan fingerprint density at radius 1 is 1.04 bits per heavy atom. The summed E-state index contributed by atoms with van der Waals surface area (Å²) in [6, 6.07) is 7.55. The molecule has 0 saturated heterocycles. The molecule has 1 amide bonds. The van der Waals surface area contributed by atoms with Crippen LogP contribution in [0.1, 0.15) is 60.3 Å². The largest absolute Gasteiger partial charge is 0.492 e. The first-order valence-corrected chi connectivity index (χ1v) is 10.4. The van der Waals surface area contributed by atoms with Crippen LogP contribution in [0, 0.1) is 0 Å². The second-order valence-corrected chi connectivity index (χ2v) is 7.04. The lowest BCUT2D eigenvalue weighted by Gasteiger charge is -2.28. The van der Waals surface area contributed by atoms with Gasteiger partial charge in [0.15, 0.2) is 0 Å². The van der Waals surface area contributed by atoms with Crippen molar-refractivity contribution < 1.29 is 14.3 Å². The van der Waals surface area contributed by atoms with Gasteiger partial charge in [-0.2, -0.15) is 0 Å². The zero-order valence-corrected chi connectivity index (χ0v) is 17.8. The average Bonchev–Trinajstić information content (AvgIpc) is 2.69. The molecule has 1 rings (SSSR count). The van der Waals surface area contributed by atoms with Gasteiger partial charge in [-0.15, -0.1) is 0 Å². The monoisotopic (exact) mass is 378 g/mol. The number of amides is 1. The minimum atomic E-state index is -0.787. The van der Waals surface area contributed by atoms with Crippen LogP contribution in [0.5, 0.6) is 5.75 Å². The zero-order valence-electron chi connectivity index (χ0n) is 17.8. The van der Waals surface area contributed by atoms with Crippen molar-refractivity contribution in [3.8, 4) is 5.75 Å². The molecule has 0 radical (unpaired) electrons. The molecule has 1 N–H and O–H groups in total. The van der Waals surface area contributed by atoms with Crippen LogP contribution >= 0.6 is 0 Å². The molecule has 0 aliphatic heterocycles. The molecule has 154 valence electrons. The van der Waals surface area contributed by atoms with E-state index in [1.54, 1.807) is 0 Å². The lowest BCUT2D eigenvalue weighted by Crippen LogP contribution is -2.43. The molecule has 0 unspecified atom stereocenters. The molecule has 0 fully saturated rings. The lowest BCUT2D eigenvalue weighted by atomic mass is 9.97. The summed E-state index contributed by atoms with van der Waals surface area (Å²) in [5, 5.41) is 2.99. The van der Waals surface area contributed by atoms with Gasteiger partial charge in [0.1, 0.15) is 18.0 Å². The number of likely N-dealkylation sites (N-methyl/N-ethyl adjacent to an activating group) is 1. The molecule has 0 heterocycles. The zero-order chi connectivity index (χ0) is 20.1. The summed E-state index contributed by atoms with van der Waals surface area (Å²) < 4.78 is 11.7. The maximum Gasteiger partial charge on any atom is 0.256 e. The fourth-order valence-electron chi connectivity index (χ4n) is 2.82. The molecule has 0 saturated carbocycles. The molecule has 1 atom stereocenters. The predicted molar refractivity (Wildman–Crippen MR) is 113 cm³/mol. The maximum absolute atomic E-state index is 12.8. The Morgan fingerprint density at radius 2 is 1.70 bits per heavy atom. The van der Waals surface area contributed by atoms with Crippen LogP contribution in [0.4, 0.5) is 5.69 Å².